The molecule has 6 rings (SSSR count). The Bertz CT molecular complexity index is 1760. The molecule has 40 heavy (non-hydrogen) atoms. The fraction of sp³-hybridized carbons (Fsp3) is 0.233. The molecule has 0 saturated carbocycles. The summed E-state index contributed by atoms with van der Waals surface area (Å²) in [6.45, 7) is 4.38. The minimum Gasteiger partial charge on any atom is -0.379 e. The molecule has 7 nitrogen and oxygen atoms in total. The van der Waals surface area contributed by atoms with Crippen molar-refractivity contribution in [2.24, 2.45) is 0 Å². The van der Waals surface area contributed by atoms with Crippen molar-refractivity contribution in [1.29, 1.82) is 0 Å². The van der Waals surface area contributed by atoms with Gasteiger partial charge in [0.05, 0.1) is 23.8 Å². The Hall–Kier alpha value is -2.95. The van der Waals surface area contributed by atoms with Crippen molar-refractivity contribution in [1.82, 2.24) is 8.87 Å². The number of anilines is 1. The molecule has 0 bridgehead atoms. The largest absolute Gasteiger partial charge is 0.379 e. The fourth-order valence-corrected chi connectivity index (χ4v) is 7.29. The molecule has 0 spiro atoms. The van der Waals surface area contributed by atoms with Crippen molar-refractivity contribution in [2.45, 2.75) is 18.4 Å². The highest BCUT2D eigenvalue weighted by molar-refractivity contribution is 9.10. The van der Waals surface area contributed by atoms with Crippen LogP contribution in [0.25, 0.3) is 22.6 Å². The number of benzene rings is 3. The van der Waals surface area contributed by atoms with Crippen LogP contribution in [-0.2, 0) is 26.1 Å². The highest BCUT2D eigenvalue weighted by Crippen LogP contribution is 2.40. The quantitative estimate of drug-likeness (QED) is 0.241. The molecule has 1 aromatic heterocycles. The number of carbonyl (C=O) groups excluding carboxylic acids is 1. The fourth-order valence-electron chi connectivity index (χ4n) is 5.37. The maximum Gasteiger partial charge on any atom is 0.258 e. The lowest BCUT2D eigenvalue weighted by molar-refractivity contribution is -0.112. The molecular weight excluding hydrogens is 614 g/mol. The number of ether oxygens (including phenoxy) is 1. The standard InChI is InChI=1S/C30H27BrClN3O4S/c1-2-35-29-10-8-24(40(37,38)34-11-13-39-14-12-34)17-26(29)27(30(35)36)15-21-19-33(18-20-3-6-23(32)7-4-20)28-9-5-22(31)16-25(21)28/h3-10,15-17,19H,2,11-14,18H2,1H3/b27-15-. The van der Waals surface area contributed by atoms with E-state index >= 15 is 0 Å². The van der Waals surface area contributed by atoms with Gasteiger partial charge in [-0.15, -0.1) is 0 Å². The number of rotatable bonds is 6. The number of nitrogens with zero attached hydrogens (tertiary/aromatic N) is 3. The first-order chi connectivity index (χ1) is 19.3. The van der Waals surface area contributed by atoms with E-state index in [1.54, 1.807) is 23.1 Å². The smallest absolute Gasteiger partial charge is 0.258 e. The van der Waals surface area contributed by atoms with Crippen LogP contribution in [0.5, 0.6) is 0 Å². The van der Waals surface area contributed by atoms with Gasteiger partial charge in [-0.3, -0.25) is 4.79 Å². The second-order valence-corrected chi connectivity index (χ2v) is 13.1. The van der Waals surface area contributed by atoms with Gasteiger partial charge in [-0.2, -0.15) is 4.31 Å². The van der Waals surface area contributed by atoms with Crippen LogP contribution < -0.4 is 4.90 Å². The van der Waals surface area contributed by atoms with E-state index in [1.165, 1.54) is 4.31 Å². The van der Waals surface area contributed by atoms with Crippen LogP contribution in [0.3, 0.4) is 0 Å². The van der Waals surface area contributed by atoms with Gasteiger partial charge in [0.25, 0.3) is 5.91 Å². The number of aromatic nitrogens is 1. The molecule has 3 heterocycles. The van der Waals surface area contributed by atoms with Gasteiger partial charge in [-0.1, -0.05) is 39.7 Å². The van der Waals surface area contributed by atoms with Gasteiger partial charge in [0.1, 0.15) is 0 Å². The summed E-state index contributed by atoms with van der Waals surface area (Å²) in [5.74, 6) is -0.146. The molecule has 1 fully saturated rings. The Morgan fingerprint density at radius 1 is 1.02 bits per heavy atom. The van der Waals surface area contributed by atoms with E-state index in [1.807, 2.05) is 61.7 Å². The second-order valence-electron chi connectivity index (χ2n) is 9.80. The minimum absolute atomic E-state index is 0.146. The summed E-state index contributed by atoms with van der Waals surface area (Å²) in [4.78, 5) is 15.5. The summed E-state index contributed by atoms with van der Waals surface area (Å²) < 4.78 is 36.7. The molecule has 3 aromatic carbocycles. The molecule has 0 radical (unpaired) electrons. The van der Waals surface area contributed by atoms with Gasteiger partial charge < -0.3 is 14.2 Å². The summed E-state index contributed by atoms with van der Waals surface area (Å²) in [5.41, 5.74) is 4.80. The normalized spacial score (nSPS) is 17.2. The lowest BCUT2D eigenvalue weighted by atomic mass is 10.0. The van der Waals surface area contributed by atoms with Crippen LogP contribution in [-0.4, -0.2) is 56.0 Å². The highest BCUT2D eigenvalue weighted by atomic mass is 79.9. The van der Waals surface area contributed by atoms with Gasteiger partial charge in [-0.05, 0) is 67.1 Å². The monoisotopic (exact) mass is 639 g/mol. The maximum atomic E-state index is 13.6. The first kappa shape index (κ1) is 27.2. The van der Waals surface area contributed by atoms with Crippen molar-refractivity contribution < 1.29 is 17.9 Å². The summed E-state index contributed by atoms with van der Waals surface area (Å²) in [6, 6.07) is 18.8. The molecule has 1 amide bonds. The van der Waals surface area contributed by atoms with E-state index < -0.39 is 10.0 Å². The lowest BCUT2D eigenvalue weighted by Crippen LogP contribution is -2.40. The van der Waals surface area contributed by atoms with Crippen LogP contribution in [0.1, 0.15) is 23.6 Å². The Kier molecular flexibility index (Phi) is 7.35. The van der Waals surface area contributed by atoms with E-state index in [4.69, 9.17) is 16.3 Å². The van der Waals surface area contributed by atoms with Crippen molar-refractivity contribution in [2.75, 3.05) is 37.7 Å². The number of sulfonamides is 1. The molecule has 2 aliphatic heterocycles. The molecule has 0 N–H and O–H groups in total. The minimum atomic E-state index is -3.72. The number of fused-ring (bicyclic) bond motifs is 2. The molecule has 4 aromatic rings. The van der Waals surface area contributed by atoms with E-state index in [2.05, 4.69) is 20.5 Å². The summed E-state index contributed by atoms with van der Waals surface area (Å²) >= 11 is 9.68. The first-order valence-corrected chi connectivity index (χ1v) is 15.7. The average molecular weight is 641 g/mol. The van der Waals surface area contributed by atoms with E-state index in [9.17, 15) is 13.2 Å². The number of hydrogen-bond acceptors (Lipinski definition) is 4. The number of morpholine rings is 1. The first-order valence-electron chi connectivity index (χ1n) is 13.0. The topological polar surface area (TPSA) is 71.9 Å². The van der Waals surface area contributed by atoms with Crippen LogP contribution in [0.15, 0.2) is 76.2 Å². The van der Waals surface area contributed by atoms with Crippen molar-refractivity contribution in [3.05, 3.63) is 93.0 Å². The predicted octanol–water partition coefficient (Wildman–Crippen LogP) is 6.03. The summed E-state index contributed by atoms with van der Waals surface area (Å²) in [5, 5.41) is 1.67. The summed E-state index contributed by atoms with van der Waals surface area (Å²) in [7, 11) is -3.72. The van der Waals surface area contributed by atoms with Crippen LogP contribution >= 0.6 is 27.5 Å². The van der Waals surface area contributed by atoms with Crippen LogP contribution in [0.4, 0.5) is 5.69 Å². The number of halogens is 2. The Labute approximate surface area is 246 Å². The third kappa shape index (κ3) is 4.90. The van der Waals surface area contributed by atoms with E-state index in [-0.39, 0.29) is 10.8 Å². The van der Waals surface area contributed by atoms with Gasteiger partial charge in [0.15, 0.2) is 0 Å². The second kappa shape index (κ2) is 10.8. The van der Waals surface area contributed by atoms with Crippen LogP contribution in [0, 0.1) is 0 Å². The van der Waals surface area contributed by atoms with Gasteiger partial charge in [0, 0.05) is 69.5 Å². The van der Waals surface area contributed by atoms with E-state index in [0.717, 1.165) is 26.5 Å². The number of likely N-dealkylation sites (N-methyl/N-ethyl adjacent to an activating group) is 1. The van der Waals surface area contributed by atoms with Gasteiger partial charge in [0.2, 0.25) is 10.0 Å². The summed E-state index contributed by atoms with van der Waals surface area (Å²) in [6.07, 6.45) is 3.92. The molecule has 0 aliphatic carbocycles. The number of amides is 1. The third-order valence-corrected chi connectivity index (χ3v) is 10.0. The maximum absolute atomic E-state index is 13.6. The van der Waals surface area contributed by atoms with Gasteiger partial charge in [-0.25, -0.2) is 8.42 Å². The number of carbonyl (C=O) groups is 1. The van der Waals surface area contributed by atoms with Crippen LogP contribution in [0.2, 0.25) is 5.02 Å². The molecule has 0 unspecified atom stereocenters. The molecule has 0 atom stereocenters. The lowest BCUT2D eigenvalue weighted by Gasteiger charge is -2.26. The molecule has 1 saturated heterocycles. The van der Waals surface area contributed by atoms with Crippen molar-refractivity contribution in [3.63, 3.8) is 0 Å². The molecular formula is C30H27BrClN3O4S. The van der Waals surface area contributed by atoms with Crippen molar-refractivity contribution >= 4 is 71.7 Å². The van der Waals surface area contributed by atoms with Crippen molar-refractivity contribution in [3.8, 4) is 0 Å². The predicted molar refractivity (Wildman–Crippen MR) is 162 cm³/mol. The zero-order valence-electron chi connectivity index (χ0n) is 21.8. The zero-order chi connectivity index (χ0) is 28.0. The SMILES string of the molecule is CCN1C(=O)/C(=C\c2cn(Cc3ccc(Cl)cc3)c3ccc(Br)cc23)c2cc(S(=O)(=O)N3CCOCC3)ccc21. The third-order valence-electron chi connectivity index (χ3n) is 7.39. The van der Waals surface area contributed by atoms with Gasteiger partial charge >= 0.3 is 0 Å². The molecule has 206 valence electrons. The Morgan fingerprint density at radius 2 is 1.77 bits per heavy atom. The number of hydrogen-bond donors (Lipinski definition) is 0. The van der Waals surface area contributed by atoms with E-state index in [0.29, 0.717) is 61.2 Å². The zero-order valence-corrected chi connectivity index (χ0v) is 25.0. The average Bonchev–Trinajstić information content (AvgIpc) is 3.43. The molecule has 2 aliphatic rings. The Morgan fingerprint density at radius 3 is 2.50 bits per heavy atom. The Balaban J connectivity index is 1.46. The highest BCUT2D eigenvalue weighted by Gasteiger charge is 2.34. The molecule has 10 heteroatoms.